The van der Waals surface area contributed by atoms with Gasteiger partial charge in [0.1, 0.15) is 0 Å². The molecular formula is C16H19N3O. The highest BCUT2D eigenvalue weighted by Crippen LogP contribution is 2.24. The van der Waals surface area contributed by atoms with Gasteiger partial charge in [0.15, 0.2) is 0 Å². The van der Waals surface area contributed by atoms with Gasteiger partial charge in [0.25, 0.3) is 0 Å². The van der Waals surface area contributed by atoms with Crippen molar-refractivity contribution in [2.24, 2.45) is 11.7 Å². The molecule has 20 heavy (non-hydrogen) atoms. The second-order valence-electron chi connectivity index (χ2n) is 5.48. The predicted molar refractivity (Wildman–Crippen MR) is 78.9 cm³/mol. The van der Waals surface area contributed by atoms with Gasteiger partial charge in [0.2, 0.25) is 5.91 Å². The van der Waals surface area contributed by atoms with Crippen LogP contribution in [0.15, 0.2) is 36.5 Å². The number of carbonyl (C=O) groups excluding carboxylic acids is 1. The number of nitrogens with zero attached hydrogens (tertiary/aromatic N) is 1. The molecule has 4 heteroatoms. The Balaban J connectivity index is 1.69. The van der Waals surface area contributed by atoms with Crippen LogP contribution in [0.25, 0.3) is 10.9 Å². The summed E-state index contributed by atoms with van der Waals surface area (Å²) in [6.07, 6.45) is 4.44. The third-order valence-electron chi connectivity index (χ3n) is 4.01. The van der Waals surface area contributed by atoms with E-state index in [1.165, 1.54) is 0 Å². The van der Waals surface area contributed by atoms with Crippen molar-refractivity contribution in [1.82, 2.24) is 10.3 Å². The summed E-state index contributed by atoms with van der Waals surface area (Å²) >= 11 is 0. The summed E-state index contributed by atoms with van der Waals surface area (Å²) in [5, 5.41) is 4.12. The number of amides is 1. The topological polar surface area (TPSA) is 68.0 Å². The summed E-state index contributed by atoms with van der Waals surface area (Å²) < 4.78 is 0. The number of aromatic nitrogens is 1. The number of nitrogens with two attached hydrogens (primary N) is 1. The SMILES string of the molecule is NC1CCC(C(=O)NCc2cccc3cccnc23)C1. The van der Waals surface area contributed by atoms with E-state index in [1.54, 1.807) is 6.20 Å². The minimum absolute atomic E-state index is 0.0768. The Morgan fingerprint density at radius 2 is 2.15 bits per heavy atom. The number of carbonyl (C=O) groups is 1. The molecule has 1 saturated carbocycles. The molecule has 1 aliphatic rings. The highest BCUT2D eigenvalue weighted by molar-refractivity contribution is 5.83. The maximum atomic E-state index is 12.1. The molecule has 1 aromatic heterocycles. The smallest absolute Gasteiger partial charge is 0.223 e. The molecule has 2 aromatic rings. The molecular weight excluding hydrogens is 250 g/mol. The van der Waals surface area contributed by atoms with Crippen molar-refractivity contribution in [1.29, 1.82) is 0 Å². The largest absolute Gasteiger partial charge is 0.352 e. The van der Waals surface area contributed by atoms with Crippen LogP contribution in [-0.2, 0) is 11.3 Å². The van der Waals surface area contributed by atoms with Crippen molar-refractivity contribution in [2.45, 2.75) is 31.8 Å². The minimum Gasteiger partial charge on any atom is -0.352 e. The Kier molecular flexibility index (Phi) is 3.65. The summed E-state index contributed by atoms with van der Waals surface area (Å²) in [5.74, 6) is 0.193. The van der Waals surface area contributed by atoms with Crippen molar-refractivity contribution in [3.8, 4) is 0 Å². The molecule has 0 bridgehead atoms. The summed E-state index contributed by atoms with van der Waals surface area (Å²) in [4.78, 5) is 16.5. The van der Waals surface area contributed by atoms with Crippen LogP contribution in [0, 0.1) is 5.92 Å². The fourth-order valence-corrected chi connectivity index (χ4v) is 2.89. The van der Waals surface area contributed by atoms with Gasteiger partial charge < -0.3 is 11.1 Å². The lowest BCUT2D eigenvalue weighted by Gasteiger charge is -2.11. The first kappa shape index (κ1) is 13.1. The van der Waals surface area contributed by atoms with Crippen LogP contribution in [0.1, 0.15) is 24.8 Å². The molecule has 1 aliphatic carbocycles. The molecule has 1 aromatic carbocycles. The average Bonchev–Trinajstić information content (AvgIpc) is 2.91. The normalized spacial score (nSPS) is 22.1. The number of rotatable bonds is 3. The molecule has 0 saturated heterocycles. The fraction of sp³-hybridized carbons (Fsp3) is 0.375. The van der Waals surface area contributed by atoms with Crippen LogP contribution >= 0.6 is 0 Å². The van der Waals surface area contributed by atoms with Crippen molar-refractivity contribution >= 4 is 16.8 Å². The zero-order chi connectivity index (χ0) is 13.9. The van der Waals surface area contributed by atoms with E-state index in [-0.39, 0.29) is 17.9 Å². The van der Waals surface area contributed by atoms with Crippen molar-refractivity contribution < 1.29 is 4.79 Å². The number of hydrogen-bond acceptors (Lipinski definition) is 3. The third-order valence-corrected chi connectivity index (χ3v) is 4.01. The van der Waals surface area contributed by atoms with Gasteiger partial charge in [-0.05, 0) is 30.9 Å². The van der Waals surface area contributed by atoms with E-state index >= 15 is 0 Å². The van der Waals surface area contributed by atoms with Crippen LogP contribution < -0.4 is 11.1 Å². The Labute approximate surface area is 118 Å². The zero-order valence-corrected chi connectivity index (χ0v) is 11.4. The predicted octanol–water partition coefficient (Wildman–Crippen LogP) is 1.98. The third kappa shape index (κ3) is 2.65. The maximum Gasteiger partial charge on any atom is 0.223 e. The lowest BCUT2D eigenvalue weighted by atomic mass is 10.1. The highest BCUT2D eigenvalue weighted by Gasteiger charge is 2.27. The molecule has 2 unspecified atom stereocenters. The monoisotopic (exact) mass is 269 g/mol. The number of nitrogens with one attached hydrogen (secondary N) is 1. The number of hydrogen-bond donors (Lipinski definition) is 2. The second-order valence-corrected chi connectivity index (χ2v) is 5.48. The first-order valence-corrected chi connectivity index (χ1v) is 7.10. The average molecular weight is 269 g/mol. The molecule has 3 N–H and O–H groups in total. The van der Waals surface area contributed by atoms with E-state index in [2.05, 4.69) is 10.3 Å². The number of benzene rings is 1. The molecule has 1 heterocycles. The number of fused-ring (bicyclic) bond motifs is 1. The van der Waals surface area contributed by atoms with Gasteiger partial charge in [0.05, 0.1) is 5.52 Å². The van der Waals surface area contributed by atoms with Gasteiger partial charge in [-0.3, -0.25) is 9.78 Å². The Bertz CT molecular complexity index is 621. The van der Waals surface area contributed by atoms with Gasteiger partial charge in [-0.2, -0.15) is 0 Å². The molecule has 1 amide bonds. The van der Waals surface area contributed by atoms with Gasteiger partial charge >= 0.3 is 0 Å². The molecule has 3 rings (SSSR count). The standard InChI is InChI=1S/C16H19N3O/c17-14-7-6-12(9-14)16(20)19-10-13-4-1-3-11-5-2-8-18-15(11)13/h1-5,8,12,14H,6-7,9-10,17H2,(H,19,20). The minimum atomic E-state index is 0.0768. The molecule has 2 atom stereocenters. The first-order chi connectivity index (χ1) is 9.74. The highest BCUT2D eigenvalue weighted by atomic mass is 16.1. The van der Waals surface area contributed by atoms with E-state index in [4.69, 9.17) is 5.73 Å². The lowest BCUT2D eigenvalue weighted by molar-refractivity contribution is -0.125. The van der Waals surface area contributed by atoms with Crippen LogP contribution in [0.3, 0.4) is 0 Å². The summed E-state index contributed by atoms with van der Waals surface area (Å²) in [7, 11) is 0. The van der Waals surface area contributed by atoms with E-state index in [9.17, 15) is 4.79 Å². The quantitative estimate of drug-likeness (QED) is 0.895. The molecule has 1 fully saturated rings. The Morgan fingerprint density at radius 1 is 1.30 bits per heavy atom. The summed E-state index contributed by atoms with van der Waals surface area (Å²) in [5.41, 5.74) is 7.87. The van der Waals surface area contributed by atoms with E-state index < -0.39 is 0 Å². The van der Waals surface area contributed by atoms with Crippen molar-refractivity contribution in [3.63, 3.8) is 0 Å². The fourth-order valence-electron chi connectivity index (χ4n) is 2.89. The zero-order valence-electron chi connectivity index (χ0n) is 11.4. The molecule has 0 aliphatic heterocycles. The van der Waals surface area contributed by atoms with Crippen LogP contribution in [0.2, 0.25) is 0 Å². The van der Waals surface area contributed by atoms with E-state index in [1.807, 2.05) is 30.3 Å². The molecule has 0 spiro atoms. The van der Waals surface area contributed by atoms with Gasteiger partial charge in [-0.15, -0.1) is 0 Å². The molecule has 104 valence electrons. The van der Waals surface area contributed by atoms with Crippen LogP contribution in [0.5, 0.6) is 0 Å². The summed E-state index contributed by atoms with van der Waals surface area (Å²) in [6.45, 7) is 0.527. The Hall–Kier alpha value is -1.94. The lowest BCUT2D eigenvalue weighted by Crippen LogP contribution is -2.30. The van der Waals surface area contributed by atoms with Crippen molar-refractivity contribution in [3.05, 3.63) is 42.1 Å². The first-order valence-electron chi connectivity index (χ1n) is 7.10. The van der Waals surface area contributed by atoms with Gasteiger partial charge in [0, 0.05) is 30.1 Å². The van der Waals surface area contributed by atoms with Crippen LogP contribution in [-0.4, -0.2) is 16.9 Å². The maximum absolute atomic E-state index is 12.1. The van der Waals surface area contributed by atoms with Crippen LogP contribution in [0.4, 0.5) is 0 Å². The van der Waals surface area contributed by atoms with E-state index in [0.717, 1.165) is 35.7 Å². The molecule has 0 radical (unpaired) electrons. The second kappa shape index (κ2) is 5.59. The number of pyridine rings is 1. The molecule has 4 nitrogen and oxygen atoms in total. The Morgan fingerprint density at radius 3 is 2.95 bits per heavy atom. The van der Waals surface area contributed by atoms with Gasteiger partial charge in [-0.1, -0.05) is 24.3 Å². The van der Waals surface area contributed by atoms with E-state index in [0.29, 0.717) is 6.54 Å². The van der Waals surface area contributed by atoms with Gasteiger partial charge in [-0.25, -0.2) is 0 Å². The number of para-hydroxylation sites is 1. The summed E-state index contributed by atoms with van der Waals surface area (Å²) in [6, 6.07) is 10.2. The van der Waals surface area contributed by atoms with Crippen molar-refractivity contribution in [2.75, 3.05) is 0 Å².